The zero-order chi connectivity index (χ0) is 16.7. The fourth-order valence-corrected chi connectivity index (χ4v) is 2.51. The number of carbonyl (C=O) groups is 1. The van der Waals surface area contributed by atoms with Crippen LogP contribution in [0.3, 0.4) is 0 Å². The quantitative estimate of drug-likeness (QED) is 0.527. The first-order chi connectivity index (χ1) is 11.2. The van der Waals surface area contributed by atoms with Gasteiger partial charge in [-0.15, -0.1) is 11.6 Å². The summed E-state index contributed by atoms with van der Waals surface area (Å²) < 4.78 is 11.1. The first-order valence-electron chi connectivity index (χ1n) is 7.78. The van der Waals surface area contributed by atoms with Crippen LogP contribution in [0.25, 0.3) is 0 Å². The standard InChI is InChI=1S/C19H21ClO3/c1-3-22-17-10-9-16(13-18(17)23-4-2)19(21)15-7-5-14(6-8-15)11-12-20/h5-10,13H,3-4,11-12H2,1-2H3. The maximum absolute atomic E-state index is 12.6. The summed E-state index contributed by atoms with van der Waals surface area (Å²) in [6, 6.07) is 12.8. The molecule has 3 nitrogen and oxygen atoms in total. The van der Waals surface area contributed by atoms with Crippen LogP contribution >= 0.6 is 11.6 Å². The van der Waals surface area contributed by atoms with E-state index in [2.05, 4.69) is 0 Å². The Morgan fingerprint density at radius 2 is 1.52 bits per heavy atom. The molecule has 0 heterocycles. The van der Waals surface area contributed by atoms with E-state index in [1.165, 1.54) is 0 Å². The van der Waals surface area contributed by atoms with E-state index in [9.17, 15) is 4.79 Å². The second-order valence-electron chi connectivity index (χ2n) is 4.99. The van der Waals surface area contributed by atoms with Gasteiger partial charge in [-0.05, 0) is 44.0 Å². The molecule has 0 saturated heterocycles. The molecule has 0 aliphatic carbocycles. The fourth-order valence-electron chi connectivity index (χ4n) is 2.29. The molecule has 23 heavy (non-hydrogen) atoms. The van der Waals surface area contributed by atoms with Gasteiger partial charge in [0.05, 0.1) is 13.2 Å². The van der Waals surface area contributed by atoms with Gasteiger partial charge in [-0.2, -0.15) is 0 Å². The predicted molar refractivity (Wildman–Crippen MR) is 93.1 cm³/mol. The number of hydrogen-bond donors (Lipinski definition) is 0. The molecule has 0 saturated carbocycles. The molecule has 0 bridgehead atoms. The molecule has 0 atom stereocenters. The van der Waals surface area contributed by atoms with E-state index >= 15 is 0 Å². The molecule has 0 aromatic heterocycles. The Kier molecular flexibility index (Phi) is 6.48. The Hall–Kier alpha value is -2.00. The van der Waals surface area contributed by atoms with Crippen molar-refractivity contribution >= 4 is 17.4 Å². The highest BCUT2D eigenvalue weighted by molar-refractivity contribution is 6.18. The van der Waals surface area contributed by atoms with Crippen molar-refractivity contribution in [3.8, 4) is 11.5 Å². The lowest BCUT2D eigenvalue weighted by molar-refractivity contribution is 0.103. The van der Waals surface area contributed by atoms with Gasteiger partial charge >= 0.3 is 0 Å². The van der Waals surface area contributed by atoms with Crippen molar-refractivity contribution in [2.24, 2.45) is 0 Å². The van der Waals surface area contributed by atoms with Crippen molar-refractivity contribution in [3.05, 3.63) is 59.2 Å². The van der Waals surface area contributed by atoms with E-state index in [-0.39, 0.29) is 5.78 Å². The number of carbonyl (C=O) groups excluding carboxylic acids is 1. The van der Waals surface area contributed by atoms with Gasteiger partial charge in [-0.1, -0.05) is 24.3 Å². The number of halogens is 1. The number of alkyl halides is 1. The molecule has 0 radical (unpaired) electrons. The van der Waals surface area contributed by atoms with Gasteiger partial charge in [0.25, 0.3) is 0 Å². The summed E-state index contributed by atoms with van der Waals surface area (Å²) in [5, 5.41) is 0. The lowest BCUT2D eigenvalue weighted by Gasteiger charge is -2.12. The number of ether oxygens (including phenoxy) is 2. The van der Waals surface area contributed by atoms with Gasteiger partial charge in [0.1, 0.15) is 0 Å². The molecule has 0 amide bonds. The number of benzene rings is 2. The van der Waals surface area contributed by atoms with E-state index in [1.807, 2.05) is 38.1 Å². The Morgan fingerprint density at radius 1 is 0.913 bits per heavy atom. The Bertz CT molecular complexity index is 650. The highest BCUT2D eigenvalue weighted by Crippen LogP contribution is 2.29. The second kappa shape index (κ2) is 8.59. The van der Waals surface area contributed by atoms with Crippen LogP contribution in [0, 0.1) is 0 Å². The first-order valence-corrected chi connectivity index (χ1v) is 8.32. The van der Waals surface area contributed by atoms with Crippen molar-refractivity contribution in [1.82, 2.24) is 0 Å². The third-order valence-electron chi connectivity index (χ3n) is 3.40. The fraction of sp³-hybridized carbons (Fsp3) is 0.316. The third-order valence-corrected chi connectivity index (χ3v) is 3.59. The van der Waals surface area contributed by atoms with Crippen molar-refractivity contribution in [2.45, 2.75) is 20.3 Å². The van der Waals surface area contributed by atoms with Gasteiger partial charge in [0.15, 0.2) is 17.3 Å². The molecule has 4 heteroatoms. The number of ketones is 1. The van der Waals surface area contributed by atoms with Crippen molar-refractivity contribution in [1.29, 1.82) is 0 Å². The molecule has 122 valence electrons. The van der Waals surface area contributed by atoms with Gasteiger partial charge in [-0.3, -0.25) is 4.79 Å². The predicted octanol–water partition coefficient (Wildman–Crippen LogP) is 4.50. The van der Waals surface area contributed by atoms with Crippen LogP contribution in [-0.2, 0) is 6.42 Å². The molecule has 2 rings (SSSR count). The summed E-state index contributed by atoms with van der Waals surface area (Å²) in [7, 11) is 0. The topological polar surface area (TPSA) is 35.5 Å². The highest BCUT2D eigenvalue weighted by atomic mass is 35.5. The largest absolute Gasteiger partial charge is 0.490 e. The summed E-state index contributed by atoms with van der Waals surface area (Å²) in [6.07, 6.45) is 0.799. The van der Waals surface area contributed by atoms with Crippen LogP contribution in [-0.4, -0.2) is 24.9 Å². The molecule has 0 aliphatic rings. The van der Waals surface area contributed by atoms with Crippen LogP contribution in [0.2, 0.25) is 0 Å². The molecule has 0 spiro atoms. The molecule has 0 fully saturated rings. The van der Waals surface area contributed by atoms with Crippen LogP contribution in [0.5, 0.6) is 11.5 Å². The molecular weight excluding hydrogens is 312 g/mol. The van der Waals surface area contributed by atoms with E-state index in [0.29, 0.717) is 41.7 Å². The minimum Gasteiger partial charge on any atom is -0.490 e. The van der Waals surface area contributed by atoms with Gasteiger partial charge in [0, 0.05) is 17.0 Å². The zero-order valence-electron chi connectivity index (χ0n) is 13.5. The van der Waals surface area contributed by atoms with Crippen LogP contribution < -0.4 is 9.47 Å². The maximum atomic E-state index is 12.6. The van der Waals surface area contributed by atoms with Crippen LogP contribution in [0.15, 0.2) is 42.5 Å². The summed E-state index contributed by atoms with van der Waals surface area (Å²) in [6.45, 7) is 4.89. The summed E-state index contributed by atoms with van der Waals surface area (Å²) in [4.78, 5) is 12.6. The van der Waals surface area contributed by atoms with E-state index in [1.54, 1.807) is 18.2 Å². The maximum Gasteiger partial charge on any atom is 0.193 e. The number of rotatable bonds is 8. The normalized spacial score (nSPS) is 10.4. The molecule has 2 aromatic rings. The van der Waals surface area contributed by atoms with Crippen molar-refractivity contribution < 1.29 is 14.3 Å². The zero-order valence-corrected chi connectivity index (χ0v) is 14.2. The molecule has 0 N–H and O–H groups in total. The molecular formula is C19H21ClO3. The summed E-state index contributed by atoms with van der Waals surface area (Å²) >= 11 is 5.73. The Balaban J connectivity index is 2.25. The van der Waals surface area contributed by atoms with E-state index in [0.717, 1.165) is 12.0 Å². The van der Waals surface area contributed by atoms with Crippen molar-refractivity contribution in [3.63, 3.8) is 0 Å². The third kappa shape index (κ3) is 4.49. The number of hydrogen-bond acceptors (Lipinski definition) is 3. The van der Waals surface area contributed by atoms with Crippen LogP contribution in [0.1, 0.15) is 35.3 Å². The lowest BCUT2D eigenvalue weighted by atomic mass is 10.0. The van der Waals surface area contributed by atoms with Crippen molar-refractivity contribution in [2.75, 3.05) is 19.1 Å². The van der Waals surface area contributed by atoms with E-state index < -0.39 is 0 Å². The highest BCUT2D eigenvalue weighted by Gasteiger charge is 2.13. The average molecular weight is 333 g/mol. The summed E-state index contributed by atoms with van der Waals surface area (Å²) in [5.41, 5.74) is 2.36. The monoisotopic (exact) mass is 332 g/mol. The van der Waals surface area contributed by atoms with Crippen LogP contribution in [0.4, 0.5) is 0 Å². The minimum absolute atomic E-state index is 0.0357. The molecule has 2 aromatic carbocycles. The van der Waals surface area contributed by atoms with Gasteiger partial charge in [0.2, 0.25) is 0 Å². The van der Waals surface area contributed by atoms with E-state index in [4.69, 9.17) is 21.1 Å². The Morgan fingerprint density at radius 3 is 2.13 bits per heavy atom. The molecule has 0 aliphatic heterocycles. The SMILES string of the molecule is CCOc1ccc(C(=O)c2ccc(CCCl)cc2)cc1OCC. The molecule has 0 unspecified atom stereocenters. The smallest absolute Gasteiger partial charge is 0.193 e. The Labute approximate surface area is 142 Å². The van der Waals surface area contributed by atoms with Gasteiger partial charge in [-0.25, -0.2) is 0 Å². The average Bonchev–Trinajstić information content (AvgIpc) is 2.57. The number of aryl methyl sites for hydroxylation is 1. The summed E-state index contributed by atoms with van der Waals surface area (Å²) in [5.74, 6) is 1.79. The lowest BCUT2D eigenvalue weighted by Crippen LogP contribution is -2.04. The van der Waals surface area contributed by atoms with Gasteiger partial charge < -0.3 is 9.47 Å². The second-order valence-corrected chi connectivity index (χ2v) is 5.37. The first kappa shape index (κ1) is 17.4. The minimum atomic E-state index is -0.0357.